The molecule has 18 rings (SSSR count). The van der Waals surface area contributed by atoms with E-state index in [0.717, 1.165) is 113 Å². The molecule has 89 heavy (non-hydrogen) atoms. The average molecular weight is 1160 g/mol. The van der Waals surface area contributed by atoms with Crippen molar-refractivity contribution in [3.05, 3.63) is 247 Å². The van der Waals surface area contributed by atoms with Crippen LogP contribution >= 0.6 is 0 Å². The largest absolute Gasteiger partial charge is 0.334 e. The maximum absolute atomic E-state index is 10.0. The van der Waals surface area contributed by atoms with Gasteiger partial charge in [-0.2, -0.15) is 0 Å². The zero-order valence-corrected chi connectivity index (χ0v) is 51.0. The third-order valence-corrected chi connectivity index (χ3v) is 22.4. The van der Waals surface area contributed by atoms with E-state index in [1.807, 2.05) is 0 Å². The molecule has 0 saturated heterocycles. The van der Waals surface area contributed by atoms with Crippen molar-refractivity contribution in [2.24, 2.45) is 23.7 Å². The molecule has 438 valence electrons. The number of anilines is 4. The molecule has 4 nitrogen and oxygen atoms in total. The Kier molecular flexibility index (Phi) is 12.1. The van der Waals surface area contributed by atoms with E-state index < -0.39 is 0 Å². The number of para-hydroxylation sites is 4. The van der Waals surface area contributed by atoms with E-state index >= 15 is 0 Å². The molecule has 0 fully saturated rings. The van der Waals surface area contributed by atoms with Crippen molar-refractivity contribution in [1.29, 1.82) is 0 Å². The minimum atomic E-state index is -0.372. The summed E-state index contributed by atoms with van der Waals surface area (Å²) in [5, 5.41) is 4.89. The Labute approximate surface area is 533 Å². The van der Waals surface area contributed by atoms with Gasteiger partial charge in [0, 0.05) is 67.5 Å². The minimum Gasteiger partial charge on any atom is -0.334 e. The fourth-order valence-electron chi connectivity index (χ4n) is 18.6. The summed E-state index contributed by atoms with van der Waals surface area (Å²) < 4.78 is 52.9. The highest BCUT2D eigenvalue weighted by molar-refractivity contribution is 7.00. The van der Waals surface area contributed by atoms with Crippen molar-refractivity contribution in [3.63, 3.8) is 0 Å². The van der Waals surface area contributed by atoms with Gasteiger partial charge in [-0.05, 0) is 227 Å². The van der Waals surface area contributed by atoms with Crippen LogP contribution in [0, 0.1) is 23.7 Å². The van der Waals surface area contributed by atoms with E-state index in [1.165, 1.54) is 108 Å². The molecule has 5 heteroatoms. The van der Waals surface area contributed by atoms with E-state index in [2.05, 4.69) is 213 Å². The summed E-state index contributed by atoms with van der Waals surface area (Å²) in [6, 6.07) is 53.6. The predicted molar refractivity (Wildman–Crippen MR) is 378 cm³/mol. The van der Waals surface area contributed by atoms with Gasteiger partial charge in [-0.15, -0.1) is 0 Å². The molecule has 6 atom stereocenters. The van der Waals surface area contributed by atoms with Crippen molar-refractivity contribution in [2.45, 2.75) is 128 Å². The molecule has 0 spiro atoms. The van der Waals surface area contributed by atoms with Crippen molar-refractivity contribution in [1.82, 2.24) is 9.13 Å². The van der Waals surface area contributed by atoms with Crippen LogP contribution in [0.2, 0.25) is 0 Å². The number of nitrogens with zero attached hydrogens (tertiary/aromatic N) is 4. The van der Waals surface area contributed by atoms with Crippen LogP contribution < -0.4 is 26.2 Å². The molecule has 2 aromatic heterocycles. The second kappa shape index (κ2) is 22.2. The van der Waals surface area contributed by atoms with Gasteiger partial charge in [0.05, 0.1) is 41.0 Å². The number of aromatic nitrogens is 2. The van der Waals surface area contributed by atoms with Gasteiger partial charge in [0.2, 0.25) is 0 Å². The lowest BCUT2D eigenvalue weighted by atomic mass is 9.33. The Morgan fingerprint density at radius 2 is 0.843 bits per heavy atom. The summed E-state index contributed by atoms with van der Waals surface area (Å²) in [6.07, 6.45) is 39.8. The first-order valence-corrected chi connectivity index (χ1v) is 34.0. The number of allylic oxidation sites excluding steroid dienone is 8. The highest BCUT2D eigenvalue weighted by Crippen LogP contribution is 2.53. The smallest absolute Gasteiger partial charge is 0.252 e. The zero-order chi connectivity index (χ0) is 62.9. The zero-order valence-electron chi connectivity index (χ0n) is 56.0. The summed E-state index contributed by atoms with van der Waals surface area (Å²) >= 11 is 0. The van der Waals surface area contributed by atoms with Crippen LogP contribution in [0.1, 0.15) is 122 Å². The number of fused-ring (bicyclic) bond motifs is 10. The quantitative estimate of drug-likeness (QED) is 0.106. The Balaban J connectivity index is 0.995. The van der Waals surface area contributed by atoms with Crippen molar-refractivity contribution in [3.8, 4) is 22.5 Å². The highest BCUT2D eigenvalue weighted by atomic mass is 15.2. The van der Waals surface area contributed by atoms with Gasteiger partial charge in [-0.25, -0.2) is 0 Å². The molecule has 8 aromatic carbocycles. The van der Waals surface area contributed by atoms with Crippen LogP contribution in [0.15, 0.2) is 247 Å². The second-order valence-corrected chi connectivity index (χ2v) is 27.0. The Hall–Kier alpha value is -8.54. The molecule has 6 aliphatic carbocycles. The monoisotopic (exact) mass is 1160 g/mol. The molecule has 0 saturated carbocycles. The Bertz CT molecular complexity index is 4570. The lowest BCUT2D eigenvalue weighted by Gasteiger charge is -2.53. The first-order chi connectivity index (χ1) is 46.3. The van der Waals surface area contributed by atoms with Crippen molar-refractivity contribution < 1.29 is 6.85 Å². The third kappa shape index (κ3) is 8.75. The lowest BCUT2D eigenvalue weighted by molar-refractivity contribution is 0.391. The van der Waals surface area contributed by atoms with Gasteiger partial charge < -0.3 is 18.9 Å². The van der Waals surface area contributed by atoms with Crippen LogP contribution in [0.25, 0.3) is 66.1 Å². The molecule has 0 N–H and O–H groups in total. The number of benzene rings is 8. The van der Waals surface area contributed by atoms with Gasteiger partial charge in [-0.1, -0.05) is 175 Å². The van der Waals surface area contributed by atoms with Gasteiger partial charge in [0.1, 0.15) is 0 Å². The maximum atomic E-state index is 10.0. The molecular formula is C84H79BN4. The molecule has 2 aliphatic heterocycles. The lowest BCUT2D eigenvalue weighted by Crippen LogP contribution is -2.65. The Morgan fingerprint density at radius 3 is 1.26 bits per heavy atom. The van der Waals surface area contributed by atoms with Crippen LogP contribution in [-0.2, 0) is 0 Å². The van der Waals surface area contributed by atoms with Gasteiger partial charge in [0.15, 0.2) is 0 Å². The molecule has 0 radical (unpaired) electrons. The van der Waals surface area contributed by atoms with Crippen molar-refractivity contribution >= 4 is 89.5 Å². The summed E-state index contributed by atoms with van der Waals surface area (Å²) in [5.41, 5.74) is 22.3. The minimum absolute atomic E-state index is 0.0612. The number of hydrogen-bond acceptors (Lipinski definition) is 2. The predicted octanol–water partition coefficient (Wildman–Crippen LogP) is 20.1. The number of hydrogen-bond donors (Lipinski definition) is 0. The van der Waals surface area contributed by atoms with Gasteiger partial charge in [0.25, 0.3) is 6.71 Å². The van der Waals surface area contributed by atoms with Crippen LogP contribution in [0.4, 0.5) is 22.7 Å². The first-order valence-electron chi connectivity index (χ1n) is 36.5. The van der Waals surface area contributed by atoms with Gasteiger partial charge >= 0.3 is 0 Å². The summed E-state index contributed by atoms with van der Waals surface area (Å²) in [6.45, 7) is -0.238. The molecule has 6 unspecified atom stereocenters. The fraction of sp³-hybridized carbons (Fsp3) is 0.286. The SMILES string of the molecule is [2H]c1c([2H])c([2H])c(-c2cc3c4c(c2)N(C2C(C5CC=CCC5)=CCCC2C2=CCCCC2)c2cc(-n5c6ccccc6c6ccccc65)ccc2B4c2ccc(-n4c5ccccc5c5ccccc54)cc2N3C2C(C3CC=CCC3)=CCCC2C2=CCCCC2)c([2H])c1[2H]. The molecule has 10 aromatic rings. The molecule has 0 bridgehead atoms. The summed E-state index contributed by atoms with van der Waals surface area (Å²) in [5.74, 6) is 1.15. The molecule has 4 heterocycles. The molecular weight excluding hydrogens is 1080 g/mol. The fourth-order valence-corrected chi connectivity index (χ4v) is 18.6. The highest BCUT2D eigenvalue weighted by Gasteiger charge is 2.51. The van der Waals surface area contributed by atoms with E-state index in [-0.39, 0.29) is 66.4 Å². The topological polar surface area (TPSA) is 16.3 Å². The van der Waals surface area contributed by atoms with E-state index in [1.54, 1.807) is 11.1 Å². The van der Waals surface area contributed by atoms with E-state index in [0.29, 0.717) is 17.4 Å². The molecule has 8 aliphatic rings. The Morgan fingerprint density at radius 1 is 0.393 bits per heavy atom. The first kappa shape index (κ1) is 48.4. The normalized spacial score (nSPS) is 24.0. The summed E-state index contributed by atoms with van der Waals surface area (Å²) in [7, 11) is 0. The van der Waals surface area contributed by atoms with Crippen molar-refractivity contribution in [2.75, 3.05) is 9.80 Å². The van der Waals surface area contributed by atoms with E-state index in [4.69, 9.17) is 1.37 Å². The third-order valence-electron chi connectivity index (χ3n) is 22.4. The average Bonchev–Trinajstić information content (AvgIpc) is 0.812. The van der Waals surface area contributed by atoms with E-state index in [9.17, 15) is 5.48 Å². The molecule has 0 amide bonds. The summed E-state index contributed by atoms with van der Waals surface area (Å²) in [4.78, 5) is 5.65. The number of rotatable bonds is 9. The van der Waals surface area contributed by atoms with Gasteiger partial charge in [-0.3, -0.25) is 0 Å². The second-order valence-electron chi connectivity index (χ2n) is 27.0. The standard InChI is InChI=1S/C84H79BN4/c1-6-26-56(27-7-1)61-52-80-82-81(53-61)89(84-66(59-32-12-4-13-33-59)42-25-43-67(84)60-34-14-5-15-35-60)79-55-63(87-76-46-22-18-38-70(76)71-39-19-23-47-77(71)87)49-51-73(79)85(82)72-50-48-62(86-74-44-20-16-36-68(74)69-37-17-21-45-75(69)86)54-78(72)88(80)83-64(57-28-8-2-9-29-57)40-24-41-65(83)58-30-10-3-11-31-58/h1-2,4,6-8,12,16-23,26-27,30,34,36-40,42,44-55,57,59,65,67,83-84H,3,5,9-11,13-15,24-25,28-29,31-33,35,41,43H2/i1D,6D,7D,26D,27D. The van der Waals surface area contributed by atoms with Crippen LogP contribution in [0.3, 0.4) is 0 Å². The van der Waals surface area contributed by atoms with Crippen LogP contribution in [-0.4, -0.2) is 27.9 Å². The maximum Gasteiger partial charge on any atom is 0.252 e. The van der Waals surface area contributed by atoms with Crippen LogP contribution in [0.5, 0.6) is 0 Å².